The van der Waals surface area contributed by atoms with Crippen molar-refractivity contribution in [2.75, 3.05) is 0 Å². The van der Waals surface area contributed by atoms with E-state index in [1.54, 1.807) is 43.3 Å². The number of aromatic hydroxyl groups is 2. The van der Waals surface area contributed by atoms with Crippen LogP contribution >= 0.6 is 0 Å². The van der Waals surface area contributed by atoms with E-state index >= 15 is 0 Å². The largest absolute Gasteiger partial charge is 0.508 e. The second-order valence-electron chi connectivity index (χ2n) is 13.4. The lowest BCUT2D eigenvalue weighted by molar-refractivity contribution is -0.157. The minimum Gasteiger partial charge on any atom is -0.508 e. The van der Waals surface area contributed by atoms with Crippen molar-refractivity contribution in [2.24, 2.45) is 5.41 Å². The molecule has 272 valence electrons. The van der Waals surface area contributed by atoms with Crippen LogP contribution < -0.4 is 4.74 Å². The SMILES string of the molecule is CC=CC(C)=CC=CC=C(C)C=CC=C(C)C=CC1=C(C)C(=O)C(OC(=O)CCC(=O)Oc2ccc(C=Cc3cc(O)cc(O)c3)cc2)CC1(C)C. The monoisotopic (exact) mass is 702 g/mol. The Morgan fingerprint density at radius 1 is 0.769 bits per heavy atom. The molecule has 3 rings (SSSR count). The summed E-state index contributed by atoms with van der Waals surface area (Å²) < 4.78 is 10.9. The zero-order valence-electron chi connectivity index (χ0n) is 31.2. The van der Waals surface area contributed by atoms with Gasteiger partial charge in [-0.25, -0.2) is 0 Å². The maximum atomic E-state index is 13.3. The summed E-state index contributed by atoms with van der Waals surface area (Å²) in [6.45, 7) is 13.9. The minimum absolute atomic E-state index is 0.0416. The Morgan fingerprint density at radius 3 is 1.96 bits per heavy atom. The first-order valence-corrected chi connectivity index (χ1v) is 17.3. The Hall–Kier alpha value is -5.69. The zero-order chi connectivity index (χ0) is 38.3. The van der Waals surface area contributed by atoms with Gasteiger partial charge >= 0.3 is 11.9 Å². The lowest BCUT2D eigenvalue weighted by Crippen LogP contribution is -2.39. The molecule has 2 aromatic carbocycles. The number of benzene rings is 2. The number of ether oxygens (including phenoxy) is 2. The predicted octanol–water partition coefficient (Wildman–Crippen LogP) is 10.3. The molecule has 0 fully saturated rings. The van der Waals surface area contributed by atoms with Crippen LogP contribution in [0.15, 0.2) is 137 Å². The molecule has 0 aromatic heterocycles. The smallest absolute Gasteiger partial charge is 0.311 e. The van der Waals surface area contributed by atoms with Gasteiger partial charge in [0.1, 0.15) is 17.2 Å². The van der Waals surface area contributed by atoms with Gasteiger partial charge in [0.25, 0.3) is 0 Å². The normalized spacial score (nSPS) is 17.4. The number of phenols is 2. The highest BCUT2D eigenvalue weighted by atomic mass is 16.6. The van der Waals surface area contributed by atoms with E-state index in [2.05, 4.69) is 19.1 Å². The van der Waals surface area contributed by atoms with Crippen molar-refractivity contribution < 1.29 is 34.1 Å². The van der Waals surface area contributed by atoms with E-state index in [4.69, 9.17) is 9.47 Å². The second kappa shape index (κ2) is 19.6. The minimum atomic E-state index is -0.925. The molecule has 1 unspecified atom stereocenters. The van der Waals surface area contributed by atoms with E-state index in [1.165, 1.54) is 23.8 Å². The highest BCUT2D eigenvalue weighted by Gasteiger charge is 2.39. The molecule has 2 N–H and O–H groups in total. The predicted molar refractivity (Wildman–Crippen MR) is 210 cm³/mol. The molecule has 0 heterocycles. The molecule has 0 amide bonds. The first-order chi connectivity index (χ1) is 24.7. The summed E-state index contributed by atoms with van der Waals surface area (Å²) in [5.41, 5.74) is 5.77. The van der Waals surface area contributed by atoms with E-state index in [9.17, 15) is 24.6 Å². The summed E-state index contributed by atoms with van der Waals surface area (Å²) in [6.07, 6.45) is 24.7. The summed E-state index contributed by atoms with van der Waals surface area (Å²) in [5, 5.41) is 19.3. The Labute approximate surface area is 308 Å². The maximum Gasteiger partial charge on any atom is 0.311 e. The summed E-state index contributed by atoms with van der Waals surface area (Å²) in [4.78, 5) is 38.4. The third-order valence-electron chi connectivity index (χ3n) is 8.29. The van der Waals surface area contributed by atoms with Crippen LogP contribution in [0.1, 0.15) is 78.9 Å². The van der Waals surface area contributed by atoms with Gasteiger partial charge in [0.2, 0.25) is 0 Å². The number of allylic oxidation sites excluding steroid dienone is 15. The Balaban J connectivity index is 1.51. The summed E-state index contributed by atoms with van der Waals surface area (Å²) in [6, 6.07) is 11.0. The number of phenolic OH excluding ortho intramolecular Hbond substituents is 2. The zero-order valence-corrected chi connectivity index (χ0v) is 31.2. The fourth-order valence-electron chi connectivity index (χ4n) is 5.56. The molecule has 0 spiro atoms. The van der Waals surface area contributed by atoms with Crippen LogP contribution in [0.2, 0.25) is 0 Å². The van der Waals surface area contributed by atoms with Gasteiger partial charge in [-0.05, 0) is 86.6 Å². The van der Waals surface area contributed by atoms with Gasteiger partial charge in [-0.15, -0.1) is 0 Å². The lowest BCUT2D eigenvalue weighted by Gasteiger charge is -2.36. The van der Waals surface area contributed by atoms with Crippen LogP contribution in [-0.2, 0) is 19.1 Å². The van der Waals surface area contributed by atoms with E-state index in [0.29, 0.717) is 23.3 Å². The summed E-state index contributed by atoms with van der Waals surface area (Å²) in [7, 11) is 0. The van der Waals surface area contributed by atoms with Gasteiger partial charge in [0.15, 0.2) is 11.9 Å². The third-order valence-corrected chi connectivity index (χ3v) is 8.29. The summed E-state index contributed by atoms with van der Waals surface area (Å²) >= 11 is 0. The van der Waals surface area contributed by atoms with Crippen molar-refractivity contribution in [1.29, 1.82) is 0 Å². The molecule has 1 aliphatic carbocycles. The third kappa shape index (κ3) is 13.6. The molecule has 1 aliphatic rings. The molecule has 0 saturated carbocycles. The summed E-state index contributed by atoms with van der Waals surface area (Å²) in [5.74, 6) is -1.24. The average molecular weight is 703 g/mol. The Kier molecular flexibility index (Phi) is 15.4. The first-order valence-electron chi connectivity index (χ1n) is 17.3. The Bertz CT molecular complexity index is 1870. The van der Waals surface area contributed by atoms with Gasteiger partial charge in [-0.1, -0.05) is 122 Å². The number of hydrogen-bond acceptors (Lipinski definition) is 7. The number of ketones is 1. The molecule has 0 aliphatic heterocycles. The maximum absolute atomic E-state index is 13.3. The van der Waals surface area contributed by atoms with Gasteiger partial charge in [0.05, 0.1) is 12.8 Å². The fraction of sp³-hybridized carbons (Fsp3) is 0.267. The topological polar surface area (TPSA) is 110 Å². The van der Waals surface area contributed by atoms with Gasteiger partial charge < -0.3 is 19.7 Å². The van der Waals surface area contributed by atoms with Crippen molar-refractivity contribution in [3.05, 3.63) is 148 Å². The van der Waals surface area contributed by atoms with Crippen LogP contribution in [0.25, 0.3) is 12.2 Å². The molecule has 7 nitrogen and oxygen atoms in total. The van der Waals surface area contributed by atoms with Crippen molar-refractivity contribution in [3.8, 4) is 17.2 Å². The molecule has 0 radical (unpaired) electrons. The average Bonchev–Trinajstić information content (AvgIpc) is 3.07. The number of hydrogen-bond donors (Lipinski definition) is 2. The van der Waals surface area contributed by atoms with Crippen LogP contribution in [0, 0.1) is 5.41 Å². The van der Waals surface area contributed by atoms with Crippen LogP contribution in [-0.4, -0.2) is 34.0 Å². The van der Waals surface area contributed by atoms with Crippen LogP contribution in [0.4, 0.5) is 0 Å². The molecule has 2 aromatic rings. The van der Waals surface area contributed by atoms with E-state index in [-0.39, 0.29) is 30.1 Å². The number of carbonyl (C=O) groups excluding carboxylic acids is 3. The van der Waals surface area contributed by atoms with Crippen molar-refractivity contribution in [2.45, 2.75) is 73.8 Å². The van der Waals surface area contributed by atoms with E-state index in [0.717, 1.165) is 22.3 Å². The number of esters is 2. The fourth-order valence-corrected chi connectivity index (χ4v) is 5.56. The van der Waals surface area contributed by atoms with Gasteiger partial charge in [0, 0.05) is 12.5 Å². The Morgan fingerprint density at radius 2 is 1.33 bits per heavy atom. The van der Waals surface area contributed by atoms with Crippen molar-refractivity contribution >= 4 is 29.9 Å². The van der Waals surface area contributed by atoms with E-state index < -0.39 is 23.5 Å². The molecule has 0 bridgehead atoms. The van der Waals surface area contributed by atoms with Crippen LogP contribution in [0.3, 0.4) is 0 Å². The molecule has 7 heteroatoms. The second-order valence-corrected chi connectivity index (χ2v) is 13.4. The van der Waals surface area contributed by atoms with Crippen molar-refractivity contribution in [3.63, 3.8) is 0 Å². The first kappa shape index (κ1) is 40.7. The highest BCUT2D eigenvalue weighted by molar-refractivity contribution is 6.01. The van der Waals surface area contributed by atoms with E-state index in [1.807, 2.05) is 89.3 Å². The van der Waals surface area contributed by atoms with Crippen LogP contribution in [0.5, 0.6) is 17.2 Å². The van der Waals surface area contributed by atoms with Gasteiger partial charge in [-0.2, -0.15) is 0 Å². The molecule has 52 heavy (non-hydrogen) atoms. The lowest BCUT2D eigenvalue weighted by atomic mass is 9.71. The molecule has 1 atom stereocenters. The highest BCUT2D eigenvalue weighted by Crippen LogP contribution is 2.41. The number of Topliss-reactive ketones (excluding diaryl/α,β-unsaturated/α-hetero) is 1. The van der Waals surface area contributed by atoms with Crippen molar-refractivity contribution in [1.82, 2.24) is 0 Å². The number of carbonyl (C=O) groups is 3. The molecular weight excluding hydrogens is 652 g/mol. The number of rotatable bonds is 14. The molecular formula is C45H50O7. The quantitative estimate of drug-likeness (QED) is 0.0873. The molecule has 0 saturated heterocycles. The standard InChI is InChI=1S/C45H50O7/c1-8-12-31(2)13-9-10-14-32(3)15-11-16-33(4)17-24-40-34(5)44(50)41(30-45(40,6)7)52-43(49)26-25-42(48)51-39-22-20-35(21-23-39)18-19-36-27-37(46)29-38(47)28-36/h8-24,27-29,41,46-47H,25-26,30H2,1-7H3. The van der Waals surface area contributed by atoms with Gasteiger partial charge in [-0.3, -0.25) is 14.4 Å².